The van der Waals surface area contributed by atoms with Gasteiger partial charge in [0.15, 0.2) is 5.78 Å². The van der Waals surface area contributed by atoms with Crippen LogP contribution in [0.3, 0.4) is 0 Å². The molecule has 122 valence electrons. The fourth-order valence-corrected chi connectivity index (χ4v) is 3.01. The van der Waals surface area contributed by atoms with Gasteiger partial charge in [-0.2, -0.15) is 0 Å². The number of rotatable bonds is 6. The van der Waals surface area contributed by atoms with E-state index in [1.807, 2.05) is 37.3 Å². The van der Waals surface area contributed by atoms with E-state index in [4.69, 9.17) is 4.74 Å². The SMILES string of the molecule is COc1ccc(C(=O)C(C)Sc2ncn(-c3ccccc3)n2)cc1. The maximum absolute atomic E-state index is 12.5. The summed E-state index contributed by atoms with van der Waals surface area (Å²) in [6.07, 6.45) is 1.66. The van der Waals surface area contributed by atoms with Crippen molar-refractivity contribution in [2.24, 2.45) is 0 Å². The van der Waals surface area contributed by atoms with Crippen molar-refractivity contribution < 1.29 is 9.53 Å². The van der Waals surface area contributed by atoms with E-state index in [0.29, 0.717) is 10.7 Å². The summed E-state index contributed by atoms with van der Waals surface area (Å²) in [5.74, 6) is 0.772. The predicted molar refractivity (Wildman–Crippen MR) is 94.0 cm³/mol. The lowest BCUT2D eigenvalue weighted by atomic mass is 10.1. The number of ketones is 1. The minimum atomic E-state index is -0.273. The fourth-order valence-electron chi connectivity index (χ4n) is 2.21. The van der Waals surface area contributed by atoms with Gasteiger partial charge in [0.05, 0.1) is 18.0 Å². The van der Waals surface area contributed by atoms with Gasteiger partial charge in [-0.1, -0.05) is 30.0 Å². The first-order chi connectivity index (χ1) is 11.7. The second-order valence-electron chi connectivity index (χ2n) is 5.16. The van der Waals surface area contributed by atoms with E-state index in [-0.39, 0.29) is 11.0 Å². The van der Waals surface area contributed by atoms with Crippen LogP contribution >= 0.6 is 11.8 Å². The van der Waals surface area contributed by atoms with Crippen LogP contribution in [0.5, 0.6) is 5.75 Å². The van der Waals surface area contributed by atoms with E-state index >= 15 is 0 Å². The number of methoxy groups -OCH3 is 1. The van der Waals surface area contributed by atoms with E-state index < -0.39 is 0 Å². The Bertz CT molecular complexity index is 816. The van der Waals surface area contributed by atoms with Gasteiger partial charge in [0.1, 0.15) is 12.1 Å². The van der Waals surface area contributed by atoms with E-state index in [2.05, 4.69) is 10.1 Å². The number of carbonyl (C=O) groups is 1. The van der Waals surface area contributed by atoms with Crippen molar-refractivity contribution >= 4 is 17.5 Å². The molecule has 0 fully saturated rings. The summed E-state index contributed by atoms with van der Waals surface area (Å²) in [4.78, 5) is 16.8. The van der Waals surface area contributed by atoms with Crippen molar-refractivity contribution in [3.05, 3.63) is 66.5 Å². The van der Waals surface area contributed by atoms with Crippen molar-refractivity contribution in [1.82, 2.24) is 14.8 Å². The van der Waals surface area contributed by atoms with Crippen LogP contribution in [-0.2, 0) is 0 Å². The Labute approximate surface area is 144 Å². The molecule has 1 atom stereocenters. The molecule has 24 heavy (non-hydrogen) atoms. The Hall–Kier alpha value is -2.60. The summed E-state index contributed by atoms with van der Waals surface area (Å²) in [5.41, 5.74) is 1.59. The molecule has 0 bridgehead atoms. The van der Waals surface area contributed by atoms with Crippen LogP contribution in [0.1, 0.15) is 17.3 Å². The molecular weight excluding hydrogens is 322 g/mol. The molecule has 0 N–H and O–H groups in total. The molecular formula is C18H17N3O2S. The Morgan fingerprint density at radius 1 is 1.12 bits per heavy atom. The number of hydrogen-bond donors (Lipinski definition) is 0. The number of thioether (sulfide) groups is 1. The average molecular weight is 339 g/mol. The zero-order valence-corrected chi connectivity index (χ0v) is 14.2. The second-order valence-corrected chi connectivity index (χ2v) is 6.47. The van der Waals surface area contributed by atoms with Gasteiger partial charge in [-0.15, -0.1) is 5.10 Å². The third-order valence-corrected chi connectivity index (χ3v) is 4.48. The molecule has 3 aromatic rings. The topological polar surface area (TPSA) is 57.0 Å². The molecule has 1 heterocycles. The monoisotopic (exact) mass is 339 g/mol. The van der Waals surface area contributed by atoms with Crippen LogP contribution in [0.4, 0.5) is 0 Å². The van der Waals surface area contributed by atoms with Gasteiger partial charge >= 0.3 is 0 Å². The number of aromatic nitrogens is 3. The predicted octanol–water partition coefficient (Wildman–Crippen LogP) is 3.64. The lowest BCUT2D eigenvalue weighted by molar-refractivity contribution is 0.0994. The number of para-hydroxylation sites is 1. The van der Waals surface area contributed by atoms with Crippen LogP contribution in [-0.4, -0.2) is 32.9 Å². The number of ether oxygens (including phenoxy) is 1. The Kier molecular flexibility index (Phi) is 4.96. The summed E-state index contributed by atoms with van der Waals surface area (Å²) in [6, 6.07) is 16.9. The van der Waals surface area contributed by atoms with Crippen molar-refractivity contribution in [1.29, 1.82) is 0 Å². The Morgan fingerprint density at radius 3 is 2.50 bits per heavy atom. The maximum atomic E-state index is 12.5. The number of hydrogen-bond acceptors (Lipinski definition) is 5. The zero-order chi connectivity index (χ0) is 16.9. The molecule has 0 spiro atoms. The first-order valence-corrected chi connectivity index (χ1v) is 8.37. The summed E-state index contributed by atoms with van der Waals surface area (Å²) in [6.45, 7) is 1.86. The van der Waals surface area contributed by atoms with Crippen LogP contribution in [0.25, 0.3) is 5.69 Å². The third kappa shape index (κ3) is 3.65. The Morgan fingerprint density at radius 2 is 1.83 bits per heavy atom. The van der Waals surface area contributed by atoms with E-state index in [1.54, 1.807) is 42.4 Å². The molecule has 6 heteroatoms. The smallest absolute Gasteiger partial charge is 0.209 e. The van der Waals surface area contributed by atoms with Crippen molar-refractivity contribution in [3.63, 3.8) is 0 Å². The number of nitrogens with zero attached hydrogens (tertiary/aromatic N) is 3. The first-order valence-electron chi connectivity index (χ1n) is 7.49. The minimum absolute atomic E-state index is 0.0405. The van der Waals surface area contributed by atoms with Crippen molar-refractivity contribution in [3.8, 4) is 11.4 Å². The van der Waals surface area contributed by atoms with Gasteiger partial charge < -0.3 is 4.74 Å². The van der Waals surface area contributed by atoms with Crippen molar-refractivity contribution in [2.45, 2.75) is 17.3 Å². The van der Waals surface area contributed by atoms with Crippen LogP contribution in [0.15, 0.2) is 66.1 Å². The highest BCUT2D eigenvalue weighted by Gasteiger charge is 2.18. The van der Waals surface area contributed by atoms with E-state index in [0.717, 1.165) is 11.4 Å². The van der Waals surface area contributed by atoms with E-state index in [1.165, 1.54) is 11.8 Å². The molecule has 0 aliphatic heterocycles. The largest absolute Gasteiger partial charge is 0.497 e. The van der Waals surface area contributed by atoms with Crippen LogP contribution in [0.2, 0.25) is 0 Å². The Balaban J connectivity index is 1.69. The van der Waals surface area contributed by atoms with Crippen LogP contribution in [0, 0.1) is 0 Å². The number of benzene rings is 2. The molecule has 3 rings (SSSR count). The normalized spacial score (nSPS) is 11.9. The number of carbonyl (C=O) groups excluding carboxylic acids is 1. The van der Waals surface area contributed by atoms with Crippen molar-refractivity contribution in [2.75, 3.05) is 7.11 Å². The molecule has 0 radical (unpaired) electrons. The zero-order valence-electron chi connectivity index (χ0n) is 13.4. The molecule has 5 nitrogen and oxygen atoms in total. The molecule has 0 aliphatic carbocycles. The van der Waals surface area contributed by atoms with Gasteiger partial charge in [0.25, 0.3) is 0 Å². The highest BCUT2D eigenvalue weighted by Crippen LogP contribution is 2.23. The first kappa shape index (κ1) is 16.3. The van der Waals surface area contributed by atoms with Gasteiger partial charge in [0.2, 0.25) is 5.16 Å². The summed E-state index contributed by atoms with van der Waals surface area (Å²) < 4.78 is 6.81. The molecule has 1 aromatic heterocycles. The maximum Gasteiger partial charge on any atom is 0.209 e. The van der Waals surface area contributed by atoms with Gasteiger partial charge in [-0.25, -0.2) is 9.67 Å². The molecule has 2 aromatic carbocycles. The highest BCUT2D eigenvalue weighted by atomic mass is 32.2. The highest BCUT2D eigenvalue weighted by molar-refractivity contribution is 8.00. The van der Waals surface area contributed by atoms with E-state index in [9.17, 15) is 4.79 Å². The average Bonchev–Trinajstić information content (AvgIpc) is 3.10. The summed E-state index contributed by atoms with van der Waals surface area (Å²) >= 11 is 1.35. The molecule has 0 aliphatic rings. The number of Topliss-reactive ketones (excluding diaryl/α,β-unsaturated/α-hetero) is 1. The summed E-state index contributed by atoms with van der Waals surface area (Å²) in [7, 11) is 1.60. The second kappa shape index (κ2) is 7.31. The summed E-state index contributed by atoms with van der Waals surface area (Å²) in [5, 5.41) is 4.72. The lowest BCUT2D eigenvalue weighted by Crippen LogP contribution is -2.13. The molecule has 0 saturated carbocycles. The standard InChI is InChI=1S/C18H17N3O2S/c1-13(17(22)14-8-10-16(23-2)11-9-14)24-18-19-12-21(20-18)15-6-4-3-5-7-15/h3-13H,1-2H3. The molecule has 0 amide bonds. The lowest BCUT2D eigenvalue weighted by Gasteiger charge is -2.08. The van der Waals surface area contributed by atoms with Gasteiger partial charge in [-0.3, -0.25) is 4.79 Å². The van der Waals surface area contributed by atoms with Gasteiger partial charge in [-0.05, 0) is 43.3 Å². The third-order valence-electron chi connectivity index (χ3n) is 3.52. The fraction of sp³-hybridized carbons (Fsp3) is 0.167. The van der Waals surface area contributed by atoms with Gasteiger partial charge in [0, 0.05) is 5.56 Å². The molecule has 1 unspecified atom stereocenters. The quantitative estimate of drug-likeness (QED) is 0.507. The minimum Gasteiger partial charge on any atom is -0.497 e. The van der Waals surface area contributed by atoms with Crippen LogP contribution < -0.4 is 4.74 Å². The molecule has 0 saturated heterocycles.